The van der Waals surface area contributed by atoms with E-state index in [-0.39, 0.29) is 24.1 Å². The largest absolute Gasteiger partial charge is 0.454 e. The van der Waals surface area contributed by atoms with Gasteiger partial charge in [0.05, 0.1) is 11.7 Å². The normalized spacial score (nSPS) is 20.4. The minimum atomic E-state index is -0.347. The Hall–Kier alpha value is -2.66. The summed E-state index contributed by atoms with van der Waals surface area (Å²) in [6, 6.07) is 14.8. The van der Waals surface area contributed by atoms with Gasteiger partial charge in [0.2, 0.25) is 0 Å². The lowest BCUT2D eigenvalue weighted by Gasteiger charge is -2.30. The standard InChI is InChI=1S/C21H21NO4/c23-17-8-10-22(11-9-17)20(24)15-6-7-18-16(12-15)13-19(26-21(18)25)14-4-2-1-3-5-14/h1-7,12,17,19,23H,8-11,13H2. The third-order valence-corrected chi connectivity index (χ3v) is 5.15. The van der Waals surface area contributed by atoms with Gasteiger partial charge in [0.1, 0.15) is 6.10 Å². The van der Waals surface area contributed by atoms with Gasteiger partial charge in [0.15, 0.2) is 0 Å². The van der Waals surface area contributed by atoms with Crippen molar-refractivity contribution in [3.05, 3.63) is 70.8 Å². The summed E-state index contributed by atoms with van der Waals surface area (Å²) in [5.74, 6) is -0.393. The van der Waals surface area contributed by atoms with Crippen molar-refractivity contribution >= 4 is 11.9 Å². The van der Waals surface area contributed by atoms with Gasteiger partial charge in [-0.05, 0) is 42.2 Å². The number of ether oxygens (including phenoxy) is 1. The third kappa shape index (κ3) is 3.22. The zero-order valence-electron chi connectivity index (χ0n) is 14.4. The van der Waals surface area contributed by atoms with Crippen LogP contribution in [0.5, 0.6) is 0 Å². The van der Waals surface area contributed by atoms with E-state index < -0.39 is 0 Å². The molecule has 1 unspecified atom stereocenters. The zero-order valence-corrected chi connectivity index (χ0v) is 14.4. The molecule has 26 heavy (non-hydrogen) atoms. The molecule has 2 aromatic rings. The fourth-order valence-electron chi connectivity index (χ4n) is 3.63. The van der Waals surface area contributed by atoms with Crippen LogP contribution >= 0.6 is 0 Å². The van der Waals surface area contributed by atoms with Gasteiger partial charge in [-0.3, -0.25) is 4.79 Å². The molecule has 1 N–H and O–H groups in total. The number of carbonyl (C=O) groups is 2. The summed E-state index contributed by atoms with van der Waals surface area (Å²) in [4.78, 5) is 26.9. The van der Waals surface area contributed by atoms with Crippen molar-refractivity contribution in [2.45, 2.75) is 31.5 Å². The van der Waals surface area contributed by atoms with E-state index >= 15 is 0 Å². The number of nitrogens with zero attached hydrogens (tertiary/aromatic N) is 1. The highest BCUT2D eigenvalue weighted by Crippen LogP contribution is 2.31. The first kappa shape index (κ1) is 16.8. The van der Waals surface area contributed by atoms with Crippen molar-refractivity contribution in [2.24, 2.45) is 0 Å². The van der Waals surface area contributed by atoms with Crippen LogP contribution in [0.2, 0.25) is 0 Å². The molecule has 0 bridgehead atoms. The molecule has 0 saturated carbocycles. The summed E-state index contributed by atoms with van der Waals surface area (Å²) < 4.78 is 5.57. The smallest absolute Gasteiger partial charge is 0.339 e. The lowest BCUT2D eigenvalue weighted by atomic mass is 9.93. The molecule has 0 aromatic heterocycles. The number of fused-ring (bicyclic) bond motifs is 1. The van der Waals surface area contributed by atoms with Crippen LogP contribution in [0, 0.1) is 0 Å². The first-order valence-electron chi connectivity index (χ1n) is 8.98. The summed E-state index contributed by atoms with van der Waals surface area (Å²) in [5.41, 5.74) is 2.91. The SMILES string of the molecule is O=C1OC(c2ccccc2)Cc2cc(C(=O)N3CCC(O)CC3)ccc21. The summed E-state index contributed by atoms with van der Waals surface area (Å²) in [6.45, 7) is 1.12. The van der Waals surface area contributed by atoms with Gasteiger partial charge in [-0.15, -0.1) is 0 Å². The Morgan fingerprint density at radius 1 is 1.08 bits per heavy atom. The van der Waals surface area contributed by atoms with E-state index in [0.717, 1.165) is 11.1 Å². The second-order valence-electron chi connectivity index (χ2n) is 6.90. The minimum absolute atomic E-state index is 0.0464. The second-order valence-corrected chi connectivity index (χ2v) is 6.90. The molecule has 0 radical (unpaired) electrons. The molecule has 1 fully saturated rings. The van der Waals surface area contributed by atoms with Gasteiger partial charge in [0.25, 0.3) is 5.91 Å². The molecule has 0 spiro atoms. The zero-order chi connectivity index (χ0) is 18.1. The van der Waals surface area contributed by atoms with Crippen LogP contribution in [-0.4, -0.2) is 41.1 Å². The van der Waals surface area contributed by atoms with Crippen molar-refractivity contribution < 1.29 is 19.4 Å². The number of cyclic esters (lactones) is 1. The number of rotatable bonds is 2. The van der Waals surface area contributed by atoms with Crippen molar-refractivity contribution in [3.8, 4) is 0 Å². The molecule has 5 heteroatoms. The molecule has 2 aliphatic rings. The van der Waals surface area contributed by atoms with E-state index in [1.807, 2.05) is 36.4 Å². The van der Waals surface area contributed by atoms with Crippen LogP contribution in [0.25, 0.3) is 0 Å². The van der Waals surface area contributed by atoms with E-state index in [2.05, 4.69) is 0 Å². The fourth-order valence-corrected chi connectivity index (χ4v) is 3.63. The van der Waals surface area contributed by atoms with E-state index in [0.29, 0.717) is 43.5 Å². The molecule has 2 aliphatic heterocycles. The van der Waals surface area contributed by atoms with Crippen molar-refractivity contribution in [1.29, 1.82) is 0 Å². The molecule has 1 saturated heterocycles. The highest BCUT2D eigenvalue weighted by atomic mass is 16.5. The summed E-state index contributed by atoms with van der Waals surface area (Å²) >= 11 is 0. The molecule has 2 heterocycles. The van der Waals surface area contributed by atoms with E-state index in [1.54, 1.807) is 17.0 Å². The van der Waals surface area contributed by atoms with Crippen molar-refractivity contribution in [2.75, 3.05) is 13.1 Å². The number of likely N-dealkylation sites (tertiary alicyclic amines) is 1. The molecule has 134 valence electrons. The summed E-state index contributed by atoms with van der Waals surface area (Å²) in [7, 11) is 0. The molecular weight excluding hydrogens is 330 g/mol. The third-order valence-electron chi connectivity index (χ3n) is 5.15. The monoisotopic (exact) mass is 351 g/mol. The Labute approximate surface area is 152 Å². The van der Waals surface area contributed by atoms with E-state index in [4.69, 9.17) is 4.74 Å². The topological polar surface area (TPSA) is 66.8 Å². The maximum Gasteiger partial charge on any atom is 0.339 e. The van der Waals surface area contributed by atoms with Crippen LogP contribution in [0.1, 0.15) is 50.8 Å². The van der Waals surface area contributed by atoms with Gasteiger partial charge in [-0.25, -0.2) is 4.79 Å². The number of aliphatic hydroxyl groups excluding tert-OH is 1. The molecule has 0 aliphatic carbocycles. The van der Waals surface area contributed by atoms with Gasteiger partial charge in [-0.1, -0.05) is 30.3 Å². The average Bonchev–Trinajstić information content (AvgIpc) is 2.68. The van der Waals surface area contributed by atoms with Crippen LogP contribution in [0.3, 0.4) is 0 Å². The highest BCUT2D eigenvalue weighted by Gasteiger charge is 2.29. The van der Waals surface area contributed by atoms with Gasteiger partial charge in [0, 0.05) is 25.1 Å². The highest BCUT2D eigenvalue weighted by molar-refractivity contribution is 5.97. The number of esters is 1. The summed E-state index contributed by atoms with van der Waals surface area (Å²) in [5, 5.41) is 9.61. The van der Waals surface area contributed by atoms with Crippen LogP contribution in [0.4, 0.5) is 0 Å². The van der Waals surface area contributed by atoms with E-state index in [9.17, 15) is 14.7 Å². The quantitative estimate of drug-likeness (QED) is 0.845. The molecule has 4 rings (SSSR count). The molecule has 2 aromatic carbocycles. The van der Waals surface area contributed by atoms with Crippen LogP contribution in [-0.2, 0) is 11.2 Å². The van der Waals surface area contributed by atoms with E-state index in [1.165, 1.54) is 0 Å². The van der Waals surface area contributed by atoms with Gasteiger partial charge in [-0.2, -0.15) is 0 Å². The van der Waals surface area contributed by atoms with Crippen molar-refractivity contribution in [1.82, 2.24) is 4.90 Å². The Kier molecular flexibility index (Phi) is 4.47. The first-order valence-corrected chi connectivity index (χ1v) is 8.98. The van der Waals surface area contributed by atoms with Gasteiger partial charge >= 0.3 is 5.97 Å². The fraction of sp³-hybridized carbons (Fsp3) is 0.333. The number of aliphatic hydroxyl groups is 1. The second kappa shape index (κ2) is 6.92. The Balaban J connectivity index is 1.58. The Bertz CT molecular complexity index is 825. The average molecular weight is 351 g/mol. The predicted octanol–water partition coefficient (Wildman–Crippen LogP) is 2.74. The number of piperidine rings is 1. The predicted molar refractivity (Wildman–Crippen MR) is 95.9 cm³/mol. The summed E-state index contributed by atoms with van der Waals surface area (Å²) in [6.07, 6.45) is 1.14. The van der Waals surface area contributed by atoms with Crippen LogP contribution in [0.15, 0.2) is 48.5 Å². The van der Waals surface area contributed by atoms with Gasteiger partial charge < -0.3 is 14.7 Å². The molecule has 1 amide bonds. The lowest BCUT2D eigenvalue weighted by molar-refractivity contribution is 0.0251. The maximum atomic E-state index is 12.8. The molecule has 1 atom stereocenters. The number of hydrogen-bond acceptors (Lipinski definition) is 4. The number of carbonyl (C=O) groups excluding carboxylic acids is 2. The number of benzene rings is 2. The van der Waals surface area contributed by atoms with Crippen LogP contribution < -0.4 is 0 Å². The molecular formula is C21H21NO4. The number of hydrogen-bond donors (Lipinski definition) is 1. The molecule has 5 nitrogen and oxygen atoms in total. The lowest BCUT2D eigenvalue weighted by Crippen LogP contribution is -2.40. The van der Waals surface area contributed by atoms with Crippen molar-refractivity contribution in [3.63, 3.8) is 0 Å². The Morgan fingerprint density at radius 3 is 2.54 bits per heavy atom. The maximum absolute atomic E-state index is 12.8. The number of amides is 1. The minimum Gasteiger partial charge on any atom is -0.454 e. The first-order chi connectivity index (χ1) is 12.6. The Morgan fingerprint density at radius 2 is 1.81 bits per heavy atom.